The third kappa shape index (κ3) is 0.337. The standard InChI is InChI=1S/C3H3N2O/c6-3-1-4-5-2-3/h1-2,6H. The fraction of sp³-hybridized carbons (Fsp3) is 0. The lowest BCUT2D eigenvalue weighted by Crippen LogP contribution is -1.72. The van der Waals surface area contributed by atoms with Crippen molar-refractivity contribution in [3.05, 3.63) is 12.0 Å². The lowest BCUT2D eigenvalue weighted by atomic mass is 10.6. The number of nitrogens with zero attached hydrogens (tertiary/aromatic N) is 2. The summed E-state index contributed by atoms with van der Waals surface area (Å²) in [5.41, 5.74) is 3.32. The van der Waals surface area contributed by atoms with Gasteiger partial charge in [0.25, 0.3) is 0 Å². The smallest absolute Gasteiger partial charge is 0.155 e. The topological polar surface area (TPSA) is 46.7 Å². The van der Waals surface area contributed by atoms with Crippen LogP contribution in [0.1, 0.15) is 0 Å². The molecule has 1 aliphatic rings. The van der Waals surface area contributed by atoms with Crippen LogP contribution < -0.4 is 5.43 Å². The van der Waals surface area contributed by atoms with Crippen molar-refractivity contribution in [2.45, 2.75) is 0 Å². The fourth-order valence-electron chi connectivity index (χ4n) is 0.218. The number of hydrogen-bond donors (Lipinski definition) is 1. The van der Waals surface area contributed by atoms with E-state index in [0.717, 1.165) is 0 Å². The Morgan fingerprint density at radius 1 is 1.67 bits per heavy atom. The van der Waals surface area contributed by atoms with E-state index < -0.39 is 0 Å². The predicted molar refractivity (Wildman–Crippen MR) is 21.3 cm³/mol. The highest BCUT2D eigenvalue weighted by atomic mass is 16.3. The first-order valence-electron chi connectivity index (χ1n) is 1.52. The maximum atomic E-state index is 8.35. The van der Waals surface area contributed by atoms with Gasteiger partial charge >= 0.3 is 0 Å². The van der Waals surface area contributed by atoms with Crippen molar-refractivity contribution in [1.29, 1.82) is 0 Å². The van der Waals surface area contributed by atoms with Crippen LogP contribution in [0.5, 0.6) is 0 Å². The molecule has 0 saturated heterocycles. The number of aliphatic hydroxyl groups excluding tert-OH is 1. The third-order valence-corrected chi connectivity index (χ3v) is 0.447. The zero-order valence-corrected chi connectivity index (χ0v) is 3.00. The van der Waals surface area contributed by atoms with E-state index in [2.05, 4.69) is 10.5 Å². The Bertz CT molecular complexity index is 103. The average molecular weight is 83.1 g/mol. The maximum Gasteiger partial charge on any atom is 0.155 e. The van der Waals surface area contributed by atoms with E-state index in [4.69, 9.17) is 5.11 Å². The molecule has 31 valence electrons. The Labute approximate surface area is 35.0 Å². The van der Waals surface area contributed by atoms with Gasteiger partial charge in [0.2, 0.25) is 0 Å². The fourth-order valence-corrected chi connectivity index (χ4v) is 0.218. The van der Waals surface area contributed by atoms with Crippen LogP contribution >= 0.6 is 0 Å². The molecule has 0 saturated carbocycles. The van der Waals surface area contributed by atoms with Gasteiger partial charge in [0.1, 0.15) is 0 Å². The van der Waals surface area contributed by atoms with Crippen molar-refractivity contribution in [1.82, 2.24) is 5.43 Å². The number of rotatable bonds is 0. The quantitative estimate of drug-likeness (QED) is 0.440. The minimum absolute atomic E-state index is 0.120. The van der Waals surface area contributed by atoms with Crippen LogP contribution in [0.2, 0.25) is 0 Å². The van der Waals surface area contributed by atoms with Gasteiger partial charge in [-0.1, -0.05) is 0 Å². The molecule has 1 N–H and O–H groups in total. The highest BCUT2D eigenvalue weighted by Crippen LogP contribution is 1.86. The Hall–Kier alpha value is -0.990. The molecule has 1 rings (SSSR count). The van der Waals surface area contributed by atoms with Crippen LogP contribution in [0.4, 0.5) is 0 Å². The monoisotopic (exact) mass is 83.0 g/mol. The highest BCUT2D eigenvalue weighted by molar-refractivity contribution is 5.76. The summed E-state index contributed by atoms with van der Waals surface area (Å²) in [5.74, 6) is 0.120. The summed E-state index contributed by atoms with van der Waals surface area (Å²) in [6.07, 6.45) is 2.56. The summed E-state index contributed by atoms with van der Waals surface area (Å²) in [4.78, 5) is 0. The van der Waals surface area contributed by atoms with Crippen molar-refractivity contribution < 1.29 is 5.11 Å². The molecule has 0 aromatic heterocycles. The lowest BCUT2D eigenvalue weighted by molar-refractivity contribution is 0.446. The molecule has 3 nitrogen and oxygen atoms in total. The van der Waals surface area contributed by atoms with Gasteiger partial charge in [-0.15, -0.1) is 0 Å². The second-order valence-electron chi connectivity index (χ2n) is 0.914. The summed E-state index contributed by atoms with van der Waals surface area (Å²) >= 11 is 0. The van der Waals surface area contributed by atoms with E-state index in [-0.39, 0.29) is 5.76 Å². The predicted octanol–water partition coefficient (Wildman–Crippen LogP) is -0.0104. The van der Waals surface area contributed by atoms with Gasteiger partial charge in [-0.2, -0.15) is 10.5 Å². The maximum absolute atomic E-state index is 8.35. The molecular formula is C3H3N2O. The molecule has 0 bridgehead atoms. The van der Waals surface area contributed by atoms with Crippen LogP contribution in [0.25, 0.3) is 0 Å². The summed E-state index contributed by atoms with van der Waals surface area (Å²) in [6.45, 7) is 0. The second kappa shape index (κ2) is 1.01. The van der Waals surface area contributed by atoms with Gasteiger partial charge in [0, 0.05) is 0 Å². The first-order valence-corrected chi connectivity index (χ1v) is 1.52. The highest BCUT2D eigenvalue weighted by Gasteiger charge is 1.90. The summed E-state index contributed by atoms with van der Waals surface area (Å²) in [6, 6.07) is 0. The Balaban J connectivity index is 2.68. The molecule has 0 amide bonds. The number of hydrogen-bond acceptors (Lipinski definition) is 2. The van der Waals surface area contributed by atoms with E-state index in [0.29, 0.717) is 0 Å². The van der Waals surface area contributed by atoms with E-state index >= 15 is 0 Å². The molecule has 0 unspecified atom stereocenters. The SMILES string of the molecule is OC1=C[N]N=C1. The Kier molecular flexibility index (Phi) is 0.538. The number of aliphatic hydroxyl groups is 1. The van der Waals surface area contributed by atoms with E-state index in [1.165, 1.54) is 12.4 Å². The molecule has 0 atom stereocenters. The van der Waals surface area contributed by atoms with Crippen molar-refractivity contribution in [2.75, 3.05) is 0 Å². The largest absolute Gasteiger partial charge is 0.505 e. The summed E-state index contributed by atoms with van der Waals surface area (Å²) in [7, 11) is 0. The van der Waals surface area contributed by atoms with Crippen molar-refractivity contribution in [2.24, 2.45) is 5.10 Å². The van der Waals surface area contributed by atoms with Crippen molar-refractivity contribution >= 4 is 6.21 Å². The molecule has 3 heteroatoms. The van der Waals surface area contributed by atoms with Gasteiger partial charge in [0.05, 0.1) is 12.4 Å². The molecule has 0 aromatic rings. The zero-order valence-electron chi connectivity index (χ0n) is 3.00. The Morgan fingerprint density at radius 3 is 2.67 bits per heavy atom. The third-order valence-electron chi connectivity index (χ3n) is 0.447. The molecule has 0 fully saturated rings. The van der Waals surface area contributed by atoms with Crippen molar-refractivity contribution in [3.8, 4) is 0 Å². The van der Waals surface area contributed by atoms with Crippen LogP contribution in [-0.4, -0.2) is 11.3 Å². The van der Waals surface area contributed by atoms with Gasteiger partial charge < -0.3 is 5.11 Å². The van der Waals surface area contributed by atoms with Crippen LogP contribution in [-0.2, 0) is 0 Å². The Morgan fingerprint density at radius 2 is 2.50 bits per heavy atom. The van der Waals surface area contributed by atoms with Gasteiger partial charge in [-0.3, -0.25) is 0 Å². The first-order chi connectivity index (χ1) is 2.89. The summed E-state index contributed by atoms with van der Waals surface area (Å²) in [5, 5.41) is 11.7. The second-order valence-corrected chi connectivity index (χ2v) is 0.914. The van der Waals surface area contributed by atoms with E-state index in [9.17, 15) is 0 Å². The normalized spacial score (nSPS) is 17.0. The zero-order chi connectivity index (χ0) is 4.41. The lowest BCUT2D eigenvalue weighted by Gasteiger charge is -1.69. The van der Waals surface area contributed by atoms with E-state index in [1.807, 2.05) is 0 Å². The average Bonchev–Trinajstić information content (AvgIpc) is 1.86. The van der Waals surface area contributed by atoms with Crippen molar-refractivity contribution in [3.63, 3.8) is 0 Å². The van der Waals surface area contributed by atoms with Gasteiger partial charge in [-0.25, -0.2) is 0 Å². The molecule has 1 aliphatic heterocycles. The van der Waals surface area contributed by atoms with Crippen LogP contribution in [0.3, 0.4) is 0 Å². The van der Waals surface area contributed by atoms with Gasteiger partial charge in [-0.05, 0) is 0 Å². The first kappa shape index (κ1) is 3.21. The molecule has 1 radical (unpaired) electrons. The molecule has 0 aliphatic carbocycles. The van der Waals surface area contributed by atoms with Crippen LogP contribution in [0.15, 0.2) is 17.1 Å². The number of allylic oxidation sites excluding steroid dienone is 1. The minimum atomic E-state index is 0.120. The van der Waals surface area contributed by atoms with Gasteiger partial charge in [0.15, 0.2) is 5.76 Å². The minimum Gasteiger partial charge on any atom is -0.505 e. The molecule has 6 heavy (non-hydrogen) atoms. The summed E-state index contributed by atoms with van der Waals surface area (Å²) < 4.78 is 0. The van der Waals surface area contributed by atoms with E-state index in [1.54, 1.807) is 0 Å². The molecule has 1 heterocycles. The molecule has 0 aromatic carbocycles. The van der Waals surface area contributed by atoms with Crippen LogP contribution in [0, 0.1) is 0 Å². The molecular weight excluding hydrogens is 80.0 g/mol. The molecule has 0 spiro atoms.